The molecule has 3 N–H and O–H groups in total. The largest absolute Gasteiger partial charge is 0.326 e. The number of hydrogen-bond donors (Lipinski definition) is 2. The molecule has 4 nitrogen and oxygen atoms in total. The van der Waals surface area contributed by atoms with Gasteiger partial charge in [0.05, 0.1) is 4.90 Å². The molecule has 0 spiro atoms. The van der Waals surface area contributed by atoms with E-state index in [0.717, 1.165) is 12.5 Å². The molecule has 0 unspecified atom stereocenters. The van der Waals surface area contributed by atoms with E-state index < -0.39 is 15.8 Å². The van der Waals surface area contributed by atoms with Gasteiger partial charge in [-0.15, -0.1) is 0 Å². The van der Waals surface area contributed by atoms with Crippen LogP contribution in [-0.2, 0) is 16.6 Å². The lowest BCUT2D eigenvalue weighted by molar-refractivity contribution is 0.573. The smallest absolute Gasteiger partial charge is 0.240 e. The Morgan fingerprint density at radius 2 is 2.11 bits per heavy atom. The van der Waals surface area contributed by atoms with E-state index in [-0.39, 0.29) is 17.0 Å². The molecule has 0 aliphatic heterocycles. The Morgan fingerprint density at radius 1 is 1.39 bits per heavy atom. The minimum atomic E-state index is -3.55. The van der Waals surface area contributed by atoms with Gasteiger partial charge in [0, 0.05) is 18.7 Å². The molecule has 0 heterocycles. The van der Waals surface area contributed by atoms with Crippen LogP contribution in [0.25, 0.3) is 0 Å². The normalized spacial score (nSPS) is 15.9. The van der Waals surface area contributed by atoms with Crippen molar-refractivity contribution in [3.05, 3.63) is 29.6 Å². The van der Waals surface area contributed by atoms with Crippen molar-refractivity contribution in [3.8, 4) is 0 Å². The second-order valence-electron chi connectivity index (χ2n) is 4.59. The van der Waals surface area contributed by atoms with Crippen LogP contribution in [0.4, 0.5) is 4.39 Å². The Bertz CT molecular complexity index is 527. The Kier molecular flexibility index (Phi) is 3.99. The van der Waals surface area contributed by atoms with Crippen molar-refractivity contribution in [2.75, 3.05) is 6.54 Å². The average Bonchev–Trinajstić information content (AvgIpc) is 3.13. The Balaban J connectivity index is 2.07. The maximum Gasteiger partial charge on any atom is 0.240 e. The molecular formula is C12H17FN2O2S. The van der Waals surface area contributed by atoms with E-state index in [1.165, 1.54) is 25.0 Å². The quantitative estimate of drug-likeness (QED) is 0.821. The fourth-order valence-electron chi connectivity index (χ4n) is 1.76. The molecule has 1 aromatic carbocycles. The van der Waals surface area contributed by atoms with E-state index in [4.69, 9.17) is 5.73 Å². The van der Waals surface area contributed by atoms with Crippen LogP contribution < -0.4 is 10.5 Å². The summed E-state index contributed by atoms with van der Waals surface area (Å²) in [4.78, 5) is 0.0696. The molecule has 6 heteroatoms. The zero-order chi connectivity index (χ0) is 13.2. The summed E-state index contributed by atoms with van der Waals surface area (Å²) in [5.74, 6) is 0.190. The van der Waals surface area contributed by atoms with Crippen molar-refractivity contribution in [3.63, 3.8) is 0 Å². The first-order valence-electron chi connectivity index (χ1n) is 6.01. The van der Waals surface area contributed by atoms with E-state index >= 15 is 0 Å². The van der Waals surface area contributed by atoms with Gasteiger partial charge in [-0.2, -0.15) is 0 Å². The average molecular weight is 272 g/mol. The van der Waals surface area contributed by atoms with Crippen molar-refractivity contribution in [2.24, 2.45) is 11.7 Å². The molecule has 0 atom stereocenters. The summed E-state index contributed by atoms with van der Waals surface area (Å²) < 4.78 is 39.6. The van der Waals surface area contributed by atoms with Crippen LogP contribution in [-0.4, -0.2) is 15.0 Å². The van der Waals surface area contributed by atoms with Gasteiger partial charge in [-0.3, -0.25) is 0 Å². The second kappa shape index (κ2) is 5.34. The van der Waals surface area contributed by atoms with E-state index in [0.29, 0.717) is 12.5 Å². The van der Waals surface area contributed by atoms with Gasteiger partial charge in [-0.05, 0) is 30.5 Å². The third-order valence-corrected chi connectivity index (χ3v) is 4.55. The molecule has 0 aromatic heterocycles. The molecule has 1 aliphatic rings. The summed E-state index contributed by atoms with van der Waals surface area (Å²) in [6.45, 7) is 0.416. The lowest BCUT2D eigenvalue weighted by atomic mass is 10.2. The Hall–Kier alpha value is -0.980. The van der Waals surface area contributed by atoms with Crippen molar-refractivity contribution < 1.29 is 12.8 Å². The minimum absolute atomic E-state index is 0.0166. The lowest BCUT2D eigenvalue weighted by Crippen LogP contribution is -2.25. The highest BCUT2D eigenvalue weighted by molar-refractivity contribution is 7.89. The summed E-state index contributed by atoms with van der Waals surface area (Å²) >= 11 is 0. The first kappa shape index (κ1) is 13.5. The summed E-state index contributed by atoms with van der Waals surface area (Å²) in [7, 11) is -3.55. The maximum absolute atomic E-state index is 13.2. The molecule has 1 aliphatic carbocycles. The highest BCUT2D eigenvalue weighted by atomic mass is 32.2. The van der Waals surface area contributed by atoms with Crippen LogP contribution >= 0.6 is 0 Å². The van der Waals surface area contributed by atoms with Crippen molar-refractivity contribution >= 4 is 10.0 Å². The molecule has 1 aromatic rings. The van der Waals surface area contributed by atoms with Crippen LogP contribution in [0, 0.1) is 11.7 Å². The summed E-state index contributed by atoms with van der Waals surface area (Å²) in [6.07, 6.45) is 3.25. The van der Waals surface area contributed by atoms with E-state index in [1.807, 2.05) is 0 Å². The van der Waals surface area contributed by atoms with Crippen LogP contribution in [0.3, 0.4) is 0 Å². The number of benzene rings is 1. The van der Waals surface area contributed by atoms with Crippen molar-refractivity contribution in [1.82, 2.24) is 4.72 Å². The Labute approximate surface area is 106 Å². The first-order valence-corrected chi connectivity index (χ1v) is 7.49. The Morgan fingerprint density at radius 3 is 2.72 bits per heavy atom. The van der Waals surface area contributed by atoms with Gasteiger partial charge >= 0.3 is 0 Å². The van der Waals surface area contributed by atoms with Crippen LogP contribution in [0.1, 0.15) is 24.8 Å². The maximum atomic E-state index is 13.2. The predicted octanol–water partition coefficient (Wildman–Crippen LogP) is 1.36. The molecule has 1 saturated carbocycles. The lowest BCUT2D eigenvalue weighted by Gasteiger charge is -2.08. The third kappa shape index (κ3) is 3.28. The van der Waals surface area contributed by atoms with Gasteiger partial charge in [0.2, 0.25) is 10.0 Å². The van der Waals surface area contributed by atoms with E-state index in [9.17, 15) is 12.8 Å². The zero-order valence-corrected chi connectivity index (χ0v) is 10.8. The molecule has 2 rings (SSSR count). The zero-order valence-electron chi connectivity index (χ0n) is 10.0. The van der Waals surface area contributed by atoms with Gasteiger partial charge < -0.3 is 5.73 Å². The van der Waals surface area contributed by atoms with Gasteiger partial charge in [0.1, 0.15) is 5.82 Å². The molecule has 0 amide bonds. The van der Waals surface area contributed by atoms with Crippen LogP contribution in [0.5, 0.6) is 0 Å². The number of nitrogens with one attached hydrogen (secondary N) is 1. The van der Waals surface area contributed by atoms with Crippen LogP contribution in [0.2, 0.25) is 0 Å². The number of rotatable bonds is 6. The number of nitrogens with two attached hydrogens (primary N) is 1. The summed E-state index contributed by atoms with van der Waals surface area (Å²) in [6, 6.07) is 3.68. The van der Waals surface area contributed by atoms with Crippen LogP contribution in [0.15, 0.2) is 23.1 Å². The van der Waals surface area contributed by atoms with Gasteiger partial charge in [0.25, 0.3) is 0 Å². The monoisotopic (exact) mass is 272 g/mol. The summed E-state index contributed by atoms with van der Waals surface area (Å²) in [5.41, 5.74) is 5.56. The van der Waals surface area contributed by atoms with Gasteiger partial charge in [-0.1, -0.05) is 12.8 Å². The topological polar surface area (TPSA) is 72.2 Å². The molecule has 0 bridgehead atoms. The molecule has 0 saturated heterocycles. The highest BCUT2D eigenvalue weighted by Gasteiger charge is 2.22. The van der Waals surface area contributed by atoms with Gasteiger partial charge in [-0.25, -0.2) is 17.5 Å². The fraction of sp³-hybridized carbons (Fsp3) is 0.500. The highest BCUT2D eigenvalue weighted by Crippen LogP contribution is 2.31. The number of hydrogen-bond acceptors (Lipinski definition) is 3. The predicted molar refractivity (Wildman–Crippen MR) is 66.8 cm³/mol. The number of halogens is 1. The first-order chi connectivity index (χ1) is 8.53. The van der Waals surface area contributed by atoms with E-state index in [2.05, 4.69) is 4.72 Å². The SMILES string of the molecule is NCc1cc(S(=O)(=O)NCCC2CC2)ccc1F. The standard InChI is InChI=1S/C12H17FN2O2S/c13-12-4-3-11(7-10(12)8-14)18(16,17)15-6-5-9-1-2-9/h3-4,7,9,15H,1-2,5-6,8,14H2. The molecular weight excluding hydrogens is 255 g/mol. The minimum Gasteiger partial charge on any atom is -0.326 e. The van der Waals surface area contributed by atoms with Crippen molar-refractivity contribution in [2.45, 2.75) is 30.7 Å². The molecule has 1 fully saturated rings. The van der Waals surface area contributed by atoms with E-state index in [1.54, 1.807) is 0 Å². The van der Waals surface area contributed by atoms with Gasteiger partial charge in [0.15, 0.2) is 0 Å². The molecule has 100 valence electrons. The molecule has 0 radical (unpaired) electrons. The number of sulfonamides is 1. The summed E-state index contributed by atoms with van der Waals surface area (Å²) in [5, 5.41) is 0. The third-order valence-electron chi connectivity index (χ3n) is 3.09. The molecule has 18 heavy (non-hydrogen) atoms. The fourth-order valence-corrected chi connectivity index (χ4v) is 2.86. The second-order valence-corrected chi connectivity index (χ2v) is 6.35. The van der Waals surface area contributed by atoms with Crippen molar-refractivity contribution in [1.29, 1.82) is 0 Å².